The van der Waals surface area contributed by atoms with Crippen LogP contribution in [0.1, 0.15) is 17.3 Å². The van der Waals surface area contributed by atoms with Crippen molar-refractivity contribution in [1.82, 2.24) is 4.90 Å². The molecule has 0 fully saturated rings. The number of para-hydroxylation sites is 1. The van der Waals surface area contributed by atoms with E-state index in [0.717, 1.165) is 0 Å². The second-order valence-corrected chi connectivity index (χ2v) is 3.93. The van der Waals surface area contributed by atoms with Crippen LogP contribution in [0.15, 0.2) is 18.2 Å². The molecule has 0 unspecified atom stereocenters. The highest BCUT2D eigenvalue weighted by Crippen LogP contribution is 2.27. The van der Waals surface area contributed by atoms with Crippen LogP contribution in [-0.4, -0.2) is 46.5 Å². The molecule has 0 aliphatic heterocycles. The van der Waals surface area contributed by atoms with Crippen molar-refractivity contribution in [3.8, 4) is 5.75 Å². The number of carbonyl (C=O) groups is 3. The highest BCUT2D eigenvalue weighted by Gasteiger charge is 2.15. The average molecular weight is 266 g/mol. The summed E-state index contributed by atoms with van der Waals surface area (Å²) in [5.74, 6) is -2.63. The van der Waals surface area contributed by atoms with Gasteiger partial charge in [-0.1, -0.05) is 6.07 Å². The highest BCUT2D eigenvalue weighted by atomic mass is 16.4. The Morgan fingerprint density at radius 3 is 2.47 bits per heavy atom. The van der Waals surface area contributed by atoms with E-state index in [1.54, 1.807) is 0 Å². The molecule has 0 heterocycles. The van der Waals surface area contributed by atoms with Crippen LogP contribution in [0.5, 0.6) is 5.75 Å². The van der Waals surface area contributed by atoms with Crippen molar-refractivity contribution in [2.24, 2.45) is 0 Å². The number of amides is 2. The monoisotopic (exact) mass is 266 g/mol. The fourth-order valence-electron chi connectivity index (χ4n) is 1.33. The number of hydrogen-bond donors (Lipinski definition) is 3. The van der Waals surface area contributed by atoms with Crippen molar-refractivity contribution >= 4 is 23.5 Å². The minimum atomic E-state index is -1.30. The van der Waals surface area contributed by atoms with E-state index >= 15 is 0 Å². The Hall–Kier alpha value is -2.57. The number of phenols is 1. The van der Waals surface area contributed by atoms with Crippen LogP contribution in [0.3, 0.4) is 0 Å². The van der Waals surface area contributed by atoms with Gasteiger partial charge in [0.05, 0.1) is 12.2 Å². The van der Waals surface area contributed by atoms with Gasteiger partial charge >= 0.3 is 5.97 Å². The van der Waals surface area contributed by atoms with E-state index in [1.165, 1.54) is 37.1 Å². The van der Waals surface area contributed by atoms with Crippen molar-refractivity contribution < 1.29 is 24.6 Å². The number of nitrogens with one attached hydrogen (secondary N) is 1. The summed E-state index contributed by atoms with van der Waals surface area (Å²) in [4.78, 5) is 34.5. The normalized spacial score (nSPS) is 9.79. The zero-order chi connectivity index (χ0) is 14.6. The van der Waals surface area contributed by atoms with Crippen LogP contribution in [0.2, 0.25) is 0 Å². The molecule has 1 rings (SSSR count). The molecule has 0 spiro atoms. The van der Waals surface area contributed by atoms with E-state index < -0.39 is 17.6 Å². The van der Waals surface area contributed by atoms with Crippen LogP contribution < -0.4 is 5.32 Å². The number of aromatic carboxylic acids is 1. The van der Waals surface area contributed by atoms with Crippen molar-refractivity contribution in [2.45, 2.75) is 6.92 Å². The molecular weight excluding hydrogens is 252 g/mol. The zero-order valence-corrected chi connectivity index (χ0v) is 10.5. The predicted octanol–water partition coefficient (Wildman–Crippen LogP) is 0.507. The number of carbonyl (C=O) groups excluding carboxylic acids is 2. The number of carboxylic acids is 1. The van der Waals surface area contributed by atoms with Gasteiger partial charge in [-0.3, -0.25) is 9.59 Å². The maximum absolute atomic E-state index is 11.6. The number of carboxylic acid groups (broad SMARTS) is 1. The van der Waals surface area contributed by atoms with Crippen molar-refractivity contribution in [2.75, 3.05) is 18.9 Å². The van der Waals surface area contributed by atoms with E-state index in [0.29, 0.717) is 0 Å². The summed E-state index contributed by atoms with van der Waals surface area (Å²) in [6.45, 7) is 1.13. The largest absolute Gasteiger partial charge is 0.505 e. The van der Waals surface area contributed by atoms with Gasteiger partial charge in [-0.05, 0) is 12.1 Å². The summed E-state index contributed by atoms with van der Waals surface area (Å²) < 4.78 is 0. The lowest BCUT2D eigenvalue weighted by Crippen LogP contribution is -2.33. The standard InChI is InChI=1S/C12H14N2O5/c1-7(15)14(2)6-10(16)13-9-5-3-4-8(11(9)17)12(18)19/h3-5,17H,6H2,1-2H3,(H,13,16)(H,18,19). The molecule has 0 radical (unpaired) electrons. The quantitative estimate of drug-likeness (QED) is 0.688. The molecule has 7 nitrogen and oxygen atoms in total. The van der Waals surface area contributed by atoms with Crippen molar-refractivity contribution in [3.05, 3.63) is 23.8 Å². The summed E-state index contributed by atoms with van der Waals surface area (Å²) in [6, 6.07) is 3.98. The third-order valence-electron chi connectivity index (χ3n) is 2.46. The van der Waals surface area contributed by atoms with Crippen molar-refractivity contribution in [3.63, 3.8) is 0 Å². The first kappa shape index (κ1) is 14.5. The molecule has 0 atom stereocenters. The SMILES string of the molecule is CC(=O)N(C)CC(=O)Nc1cccc(C(=O)O)c1O. The minimum absolute atomic E-state index is 0.0122. The van der Waals surface area contributed by atoms with E-state index in [4.69, 9.17) is 5.11 Å². The number of nitrogens with zero attached hydrogens (tertiary/aromatic N) is 1. The highest BCUT2D eigenvalue weighted by molar-refractivity contribution is 5.99. The van der Waals surface area contributed by atoms with Gasteiger partial charge in [0, 0.05) is 14.0 Å². The fraction of sp³-hybridized carbons (Fsp3) is 0.250. The molecule has 1 aromatic carbocycles. The van der Waals surface area contributed by atoms with Crippen LogP contribution >= 0.6 is 0 Å². The molecule has 0 saturated heterocycles. The van der Waals surface area contributed by atoms with E-state index in [9.17, 15) is 19.5 Å². The van der Waals surface area contributed by atoms with Crippen LogP contribution in [0.4, 0.5) is 5.69 Å². The summed E-state index contributed by atoms with van der Waals surface area (Å²) in [5, 5.41) is 20.8. The molecule has 2 amide bonds. The van der Waals surface area contributed by atoms with E-state index in [1.807, 2.05) is 0 Å². The second kappa shape index (κ2) is 5.85. The fourth-order valence-corrected chi connectivity index (χ4v) is 1.33. The predicted molar refractivity (Wildman–Crippen MR) is 67.0 cm³/mol. The topological polar surface area (TPSA) is 107 Å². The van der Waals surface area contributed by atoms with Crippen LogP contribution in [0, 0.1) is 0 Å². The van der Waals surface area contributed by atoms with Crippen LogP contribution in [-0.2, 0) is 9.59 Å². The van der Waals surface area contributed by atoms with Gasteiger partial charge in [0.2, 0.25) is 11.8 Å². The molecule has 0 aliphatic rings. The lowest BCUT2D eigenvalue weighted by molar-refractivity contribution is -0.131. The zero-order valence-electron chi connectivity index (χ0n) is 10.5. The number of benzene rings is 1. The number of anilines is 1. The third-order valence-corrected chi connectivity index (χ3v) is 2.46. The lowest BCUT2D eigenvalue weighted by Gasteiger charge is -2.15. The molecular formula is C12H14N2O5. The molecule has 0 aliphatic carbocycles. The second-order valence-electron chi connectivity index (χ2n) is 3.93. The van der Waals surface area contributed by atoms with Gasteiger partial charge in [0.25, 0.3) is 0 Å². The Labute approximate surface area is 109 Å². The summed E-state index contributed by atoms with van der Waals surface area (Å²) in [5.41, 5.74) is -0.320. The first-order valence-electron chi connectivity index (χ1n) is 5.39. The molecule has 0 saturated carbocycles. The van der Waals surface area contributed by atoms with Gasteiger partial charge in [0.1, 0.15) is 5.56 Å². The number of likely N-dealkylation sites (N-methyl/N-ethyl adjacent to an activating group) is 1. The smallest absolute Gasteiger partial charge is 0.339 e. The average Bonchev–Trinajstić information content (AvgIpc) is 2.31. The maximum Gasteiger partial charge on any atom is 0.339 e. The number of rotatable bonds is 4. The van der Waals surface area contributed by atoms with Crippen LogP contribution in [0.25, 0.3) is 0 Å². The Bertz CT molecular complexity index is 527. The summed E-state index contributed by atoms with van der Waals surface area (Å²) in [7, 11) is 1.45. The van der Waals surface area contributed by atoms with Gasteiger partial charge in [-0.2, -0.15) is 0 Å². The minimum Gasteiger partial charge on any atom is -0.505 e. The lowest BCUT2D eigenvalue weighted by atomic mass is 10.1. The van der Waals surface area contributed by atoms with Gasteiger partial charge < -0.3 is 20.4 Å². The van der Waals surface area contributed by atoms with Crippen molar-refractivity contribution in [1.29, 1.82) is 0 Å². The first-order chi connectivity index (χ1) is 8.82. The molecule has 102 valence electrons. The van der Waals surface area contributed by atoms with Gasteiger partial charge in [-0.15, -0.1) is 0 Å². The number of hydrogen-bond acceptors (Lipinski definition) is 4. The van der Waals surface area contributed by atoms with E-state index in [2.05, 4.69) is 5.32 Å². The molecule has 0 bridgehead atoms. The van der Waals surface area contributed by atoms with Gasteiger partial charge in [0.15, 0.2) is 5.75 Å². The number of aromatic hydroxyl groups is 1. The summed E-state index contributed by atoms with van der Waals surface area (Å²) >= 11 is 0. The molecule has 7 heteroatoms. The third kappa shape index (κ3) is 3.70. The summed E-state index contributed by atoms with van der Waals surface area (Å²) in [6.07, 6.45) is 0. The molecule has 0 aromatic heterocycles. The first-order valence-corrected chi connectivity index (χ1v) is 5.39. The molecule has 1 aromatic rings. The Kier molecular flexibility index (Phi) is 4.46. The maximum atomic E-state index is 11.6. The Balaban J connectivity index is 2.83. The Morgan fingerprint density at radius 2 is 1.95 bits per heavy atom. The molecule has 19 heavy (non-hydrogen) atoms. The van der Waals surface area contributed by atoms with Gasteiger partial charge in [-0.25, -0.2) is 4.79 Å². The van der Waals surface area contributed by atoms with E-state index in [-0.39, 0.29) is 23.7 Å². The molecule has 3 N–H and O–H groups in total. The Morgan fingerprint density at radius 1 is 1.32 bits per heavy atom.